The van der Waals surface area contributed by atoms with Gasteiger partial charge in [-0.2, -0.15) is 0 Å². The normalized spacial score (nSPS) is 8.73. The second-order valence-corrected chi connectivity index (χ2v) is 2.25. The van der Waals surface area contributed by atoms with Crippen molar-refractivity contribution in [2.45, 2.75) is 12.8 Å². The Labute approximate surface area is 68.6 Å². The van der Waals surface area contributed by atoms with E-state index in [-0.39, 0.29) is 18.0 Å². The van der Waals surface area contributed by atoms with Gasteiger partial charge in [0.15, 0.2) is 5.11 Å². The minimum atomic E-state index is -1.02. The number of nitrogens with one attached hydrogen (secondary N) is 1. The van der Waals surface area contributed by atoms with Crippen LogP contribution in [0, 0.1) is 0 Å². The molecule has 0 fully saturated rings. The number of carbonyl (C=O) groups excluding carboxylic acids is 1. The van der Waals surface area contributed by atoms with Crippen LogP contribution >= 0.6 is 12.2 Å². The van der Waals surface area contributed by atoms with Gasteiger partial charge in [0, 0.05) is 6.42 Å². The van der Waals surface area contributed by atoms with Gasteiger partial charge < -0.3 is 16.2 Å². The van der Waals surface area contributed by atoms with Crippen LogP contribution in [0.2, 0.25) is 0 Å². The fraction of sp³-hybridized carbons (Fsp3) is 0.400. The molecule has 11 heavy (non-hydrogen) atoms. The van der Waals surface area contributed by atoms with Gasteiger partial charge in [0.2, 0.25) is 5.91 Å². The van der Waals surface area contributed by atoms with Crippen LogP contribution in [0.3, 0.4) is 0 Å². The van der Waals surface area contributed by atoms with Gasteiger partial charge in [0.25, 0.3) is 0 Å². The second-order valence-electron chi connectivity index (χ2n) is 1.81. The van der Waals surface area contributed by atoms with Crippen LogP contribution in [-0.2, 0) is 9.59 Å². The van der Waals surface area contributed by atoms with Crippen molar-refractivity contribution in [1.29, 1.82) is 0 Å². The number of carboxylic acids is 1. The van der Waals surface area contributed by atoms with Crippen molar-refractivity contribution in [2.75, 3.05) is 0 Å². The lowest BCUT2D eigenvalue weighted by Crippen LogP contribution is -2.34. The molecule has 0 heterocycles. The smallest absolute Gasteiger partial charge is 0.303 e. The van der Waals surface area contributed by atoms with E-state index in [9.17, 15) is 9.59 Å². The lowest BCUT2D eigenvalue weighted by atomic mass is 10.3. The Morgan fingerprint density at radius 3 is 2.36 bits per heavy atom. The van der Waals surface area contributed by atoms with Crippen LogP contribution in [0.1, 0.15) is 12.8 Å². The van der Waals surface area contributed by atoms with E-state index in [2.05, 4.69) is 17.5 Å². The molecule has 0 unspecified atom stereocenters. The highest BCUT2D eigenvalue weighted by atomic mass is 32.1. The van der Waals surface area contributed by atoms with Crippen LogP contribution in [0.5, 0.6) is 0 Å². The van der Waals surface area contributed by atoms with Crippen molar-refractivity contribution < 1.29 is 14.7 Å². The van der Waals surface area contributed by atoms with Gasteiger partial charge in [-0.05, 0) is 12.2 Å². The molecule has 0 spiro atoms. The molecule has 6 heteroatoms. The molecular weight excluding hydrogens is 168 g/mol. The highest BCUT2D eigenvalue weighted by Crippen LogP contribution is 1.87. The molecule has 0 saturated heterocycles. The van der Waals surface area contributed by atoms with Gasteiger partial charge >= 0.3 is 5.97 Å². The zero-order valence-electron chi connectivity index (χ0n) is 5.66. The van der Waals surface area contributed by atoms with Crippen LogP contribution in [0.15, 0.2) is 0 Å². The quantitative estimate of drug-likeness (QED) is 0.490. The maximum Gasteiger partial charge on any atom is 0.303 e. The summed E-state index contributed by atoms with van der Waals surface area (Å²) in [5.74, 6) is -1.50. The van der Waals surface area contributed by atoms with Crippen LogP contribution in [-0.4, -0.2) is 22.1 Å². The third-order valence-corrected chi connectivity index (χ3v) is 0.931. The predicted octanol–water partition coefficient (Wildman–Crippen LogP) is -0.789. The molecule has 0 aromatic carbocycles. The van der Waals surface area contributed by atoms with Gasteiger partial charge in [-0.1, -0.05) is 0 Å². The van der Waals surface area contributed by atoms with Gasteiger partial charge in [-0.25, -0.2) is 0 Å². The molecule has 0 aliphatic heterocycles. The number of rotatable bonds is 3. The van der Waals surface area contributed by atoms with Crippen molar-refractivity contribution in [2.24, 2.45) is 5.73 Å². The SMILES string of the molecule is NC(=S)NC(=O)CCC(=O)O. The molecule has 4 N–H and O–H groups in total. The van der Waals surface area contributed by atoms with Crippen molar-refractivity contribution in [1.82, 2.24) is 5.32 Å². The molecule has 62 valence electrons. The number of amides is 1. The summed E-state index contributed by atoms with van der Waals surface area (Å²) in [5, 5.41) is 10.1. The summed E-state index contributed by atoms with van der Waals surface area (Å²) in [7, 11) is 0. The lowest BCUT2D eigenvalue weighted by Gasteiger charge is -1.98. The first kappa shape index (κ1) is 9.83. The third kappa shape index (κ3) is 6.72. The van der Waals surface area contributed by atoms with Crippen molar-refractivity contribution >= 4 is 29.2 Å². The monoisotopic (exact) mass is 176 g/mol. The molecular formula is C5H8N2O3S. The summed E-state index contributed by atoms with van der Waals surface area (Å²) in [5.41, 5.74) is 4.95. The van der Waals surface area contributed by atoms with E-state index < -0.39 is 11.9 Å². The molecule has 0 bridgehead atoms. The second kappa shape index (κ2) is 4.62. The maximum absolute atomic E-state index is 10.6. The Kier molecular flexibility index (Phi) is 4.12. The number of nitrogens with two attached hydrogens (primary N) is 1. The molecule has 0 rings (SSSR count). The molecule has 0 atom stereocenters. The van der Waals surface area contributed by atoms with E-state index in [1.54, 1.807) is 0 Å². The van der Waals surface area contributed by atoms with Gasteiger partial charge in [-0.3, -0.25) is 9.59 Å². The summed E-state index contributed by atoms with van der Waals surface area (Å²) in [6, 6.07) is 0. The fourth-order valence-electron chi connectivity index (χ4n) is 0.420. The Morgan fingerprint density at radius 2 is 2.00 bits per heavy atom. The van der Waals surface area contributed by atoms with E-state index in [0.29, 0.717) is 0 Å². The van der Waals surface area contributed by atoms with Gasteiger partial charge in [0.05, 0.1) is 6.42 Å². The number of aliphatic carboxylic acids is 1. The Balaban J connectivity index is 3.53. The molecule has 0 aliphatic carbocycles. The van der Waals surface area contributed by atoms with Crippen molar-refractivity contribution in [3.05, 3.63) is 0 Å². The summed E-state index contributed by atoms with van der Waals surface area (Å²) < 4.78 is 0. The zero-order chi connectivity index (χ0) is 8.85. The topological polar surface area (TPSA) is 92.4 Å². The Morgan fingerprint density at radius 1 is 1.45 bits per heavy atom. The summed E-state index contributed by atoms with van der Waals surface area (Å²) in [4.78, 5) is 20.6. The third-order valence-electron chi connectivity index (χ3n) is 0.829. The summed E-state index contributed by atoms with van der Waals surface area (Å²) in [6.07, 6.45) is -0.318. The minimum absolute atomic E-state index is 0.104. The van der Waals surface area contributed by atoms with Crippen LogP contribution < -0.4 is 11.1 Å². The molecule has 5 nitrogen and oxygen atoms in total. The largest absolute Gasteiger partial charge is 0.481 e. The minimum Gasteiger partial charge on any atom is -0.481 e. The predicted molar refractivity (Wildman–Crippen MR) is 41.8 cm³/mol. The maximum atomic E-state index is 10.6. The Bertz CT molecular complexity index is 192. The van der Waals surface area contributed by atoms with Crippen molar-refractivity contribution in [3.8, 4) is 0 Å². The highest BCUT2D eigenvalue weighted by molar-refractivity contribution is 7.80. The van der Waals surface area contributed by atoms with E-state index in [1.165, 1.54) is 0 Å². The molecule has 1 amide bonds. The molecule has 0 saturated carbocycles. The first-order valence-corrected chi connectivity index (χ1v) is 3.24. The van der Waals surface area contributed by atoms with E-state index >= 15 is 0 Å². The molecule has 0 aromatic heterocycles. The standard InChI is InChI=1S/C5H8N2O3S/c6-5(11)7-3(8)1-2-4(9)10/h1-2H2,(H,9,10)(H3,6,7,8,11). The fourth-order valence-corrected chi connectivity index (χ4v) is 0.534. The lowest BCUT2D eigenvalue weighted by molar-refractivity contribution is -0.138. The van der Waals surface area contributed by atoms with E-state index in [4.69, 9.17) is 10.8 Å². The highest BCUT2D eigenvalue weighted by Gasteiger charge is 2.04. The van der Waals surface area contributed by atoms with Gasteiger partial charge in [0.1, 0.15) is 0 Å². The zero-order valence-corrected chi connectivity index (χ0v) is 6.48. The average Bonchev–Trinajstić information content (AvgIpc) is 1.82. The van der Waals surface area contributed by atoms with Crippen LogP contribution in [0.25, 0.3) is 0 Å². The summed E-state index contributed by atoms with van der Waals surface area (Å²) >= 11 is 4.35. The summed E-state index contributed by atoms with van der Waals surface area (Å²) in [6.45, 7) is 0. The molecule has 0 radical (unpaired) electrons. The van der Waals surface area contributed by atoms with E-state index in [1.807, 2.05) is 0 Å². The number of carbonyl (C=O) groups is 2. The Hall–Kier alpha value is -1.17. The van der Waals surface area contributed by atoms with E-state index in [0.717, 1.165) is 0 Å². The number of carboxylic acid groups (broad SMARTS) is 1. The van der Waals surface area contributed by atoms with Gasteiger partial charge in [-0.15, -0.1) is 0 Å². The van der Waals surface area contributed by atoms with Crippen LogP contribution in [0.4, 0.5) is 0 Å². The first-order chi connectivity index (χ1) is 5.02. The number of thiocarbonyl (C=S) groups is 1. The van der Waals surface area contributed by atoms with Crippen molar-refractivity contribution in [3.63, 3.8) is 0 Å². The number of hydrogen-bond acceptors (Lipinski definition) is 3. The molecule has 0 aromatic rings. The average molecular weight is 176 g/mol. The molecule has 0 aliphatic rings. The first-order valence-electron chi connectivity index (χ1n) is 2.83. The number of hydrogen-bond donors (Lipinski definition) is 3.